The van der Waals surface area contributed by atoms with Gasteiger partial charge in [0.25, 0.3) is 0 Å². The van der Waals surface area contributed by atoms with Crippen LogP contribution in [-0.4, -0.2) is 31.8 Å². The number of hydrogen-bond donors (Lipinski definition) is 0. The number of benzene rings is 1. The van der Waals surface area contributed by atoms with E-state index in [-0.39, 0.29) is 35.8 Å². The third-order valence-corrected chi connectivity index (χ3v) is 5.50. The average molecular weight is 321 g/mol. The highest BCUT2D eigenvalue weighted by Gasteiger charge is 2.30. The van der Waals surface area contributed by atoms with Crippen molar-refractivity contribution < 1.29 is 22.7 Å². The lowest BCUT2D eigenvalue weighted by molar-refractivity contribution is -0.312. The molecule has 0 radical (unpaired) electrons. The second kappa shape index (κ2) is 5.67. The maximum Gasteiger partial charge on any atom is 0.243 e. The number of carboxylic acids is 1. The molecule has 0 atom stereocenters. The smallest absolute Gasteiger partial charge is 0.243 e. The minimum absolute atomic E-state index is 0.0932. The normalized spacial score (nSPS) is 18.1. The summed E-state index contributed by atoms with van der Waals surface area (Å²) in [6.45, 7) is 0.186. The maximum absolute atomic E-state index is 13.1. The summed E-state index contributed by atoms with van der Waals surface area (Å²) in [7, 11) is -3.78. The molecule has 5 nitrogen and oxygen atoms in total. The SMILES string of the molecule is O=C([O-])C1CCN(S(=O)(=O)c2ccc(F)c(Cl)c2)CC1. The Balaban J connectivity index is 2.19. The summed E-state index contributed by atoms with van der Waals surface area (Å²) in [6.07, 6.45) is 0.410. The largest absolute Gasteiger partial charge is 0.550 e. The van der Waals surface area contributed by atoms with Gasteiger partial charge in [0, 0.05) is 25.0 Å². The van der Waals surface area contributed by atoms with E-state index < -0.39 is 27.7 Å². The molecule has 1 saturated heterocycles. The van der Waals surface area contributed by atoms with Crippen molar-refractivity contribution in [2.45, 2.75) is 17.7 Å². The van der Waals surface area contributed by atoms with Crippen molar-refractivity contribution in [3.63, 3.8) is 0 Å². The number of piperidine rings is 1. The van der Waals surface area contributed by atoms with Gasteiger partial charge in [-0.15, -0.1) is 0 Å². The van der Waals surface area contributed by atoms with Crippen LogP contribution < -0.4 is 5.11 Å². The Bertz CT molecular complexity index is 626. The highest BCUT2D eigenvalue weighted by atomic mass is 35.5. The Kier molecular flexibility index (Phi) is 4.31. The van der Waals surface area contributed by atoms with Crippen LogP contribution in [0, 0.1) is 11.7 Å². The second-order valence-electron chi connectivity index (χ2n) is 4.57. The van der Waals surface area contributed by atoms with Crippen LogP contribution in [0.15, 0.2) is 23.1 Å². The summed E-state index contributed by atoms with van der Waals surface area (Å²) in [5, 5.41) is 10.5. The zero-order chi connectivity index (χ0) is 14.9. The summed E-state index contributed by atoms with van der Waals surface area (Å²) in [4.78, 5) is 10.6. The Morgan fingerprint density at radius 2 is 1.95 bits per heavy atom. The molecule has 1 heterocycles. The van der Waals surface area contributed by atoms with Crippen molar-refractivity contribution in [3.8, 4) is 0 Å². The molecule has 8 heteroatoms. The molecule has 2 rings (SSSR count). The van der Waals surface area contributed by atoms with E-state index in [1.54, 1.807) is 0 Å². The fraction of sp³-hybridized carbons (Fsp3) is 0.417. The highest BCUT2D eigenvalue weighted by Crippen LogP contribution is 2.26. The van der Waals surface area contributed by atoms with Gasteiger partial charge in [-0.2, -0.15) is 4.31 Å². The van der Waals surface area contributed by atoms with Crippen LogP contribution in [0.5, 0.6) is 0 Å². The van der Waals surface area contributed by atoms with Gasteiger partial charge in [0.2, 0.25) is 10.0 Å². The summed E-state index contributed by atoms with van der Waals surface area (Å²) in [5.41, 5.74) is 0. The number of aliphatic carboxylic acids is 1. The first-order valence-electron chi connectivity index (χ1n) is 5.98. The fourth-order valence-electron chi connectivity index (χ4n) is 2.12. The molecular formula is C12H12ClFNO4S-. The van der Waals surface area contributed by atoms with Crippen LogP contribution in [0.4, 0.5) is 4.39 Å². The predicted molar refractivity (Wildman–Crippen MR) is 67.9 cm³/mol. The van der Waals surface area contributed by atoms with E-state index >= 15 is 0 Å². The van der Waals surface area contributed by atoms with Crippen molar-refractivity contribution in [1.29, 1.82) is 0 Å². The van der Waals surface area contributed by atoms with Crippen LogP contribution >= 0.6 is 11.6 Å². The van der Waals surface area contributed by atoms with Crippen LogP contribution in [0.25, 0.3) is 0 Å². The van der Waals surface area contributed by atoms with Crippen molar-refractivity contribution in [3.05, 3.63) is 29.0 Å². The van der Waals surface area contributed by atoms with Crippen molar-refractivity contribution >= 4 is 27.6 Å². The Morgan fingerprint density at radius 3 is 2.45 bits per heavy atom. The maximum atomic E-state index is 13.1. The lowest BCUT2D eigenvalue weighted by Gasteiger charge is -2.31. The van der Waals surface area contributed by atoms with Gasteiger partial charge in [0.05, 0.1) is 9.92 Å². The third kappa shape index (κ3) is 2.94. The number of carboxylic acid groups (broad SMARTS) is 1. The quantitative estimate of drug-likeness (QED) is 0.818. The van der Waals surface area contributed by atoms with E-state index in [0.29, 0.717) is 0 Å². The zero-order valence-corrected chi connectivity index (χ0v) is 12.0. The van der Waals surface area contributed by atoms with Gasteiger partial charge in [0.1, 0.15) is 5.82 Å². The number of hydrogen-bond acceptors (Lipinski definition) is 4. The fourth-order valence-corrected chi connectivity index (χ4v) is 3.86. The van der Waals surface area contributed by atoms with E-state index in [1.807, 2.05) is 0 Å². The summed E-state index contributed by atoms with van der Waals surface area (Å²) < 4.78 is 38.9. The van der Waals surface area contributed by atoms with Crippen LogP contribution in [0.1, 0.15) is 12.8 Å². The first-order chi connectivity index (χ1) is 9.32. The van der Waals surface area contributed by atoms with E-state index in [0.717, 1.165) is 18.2 Å². The summed E-state index contributed by atoms with van der Waals surface area (Å²) in [5.74, 6) is -2.48. The molecule has 20 heavy (non-hydrogen) atoms. The standard InChI is InChI=1S/C12H13ClFNO4S/c13-10-7-9(1-2-11(10)14)20(18,19)15-5-3-8(4-6-15)12(16)17/h1-2,7-8H,3-6H2,(H,16,17)/p-1. The van der Waals surface area contributed by atoms with Crippen LogP contribution in [0.2, 0.25) is 5.02 Å². The molecule has 1 aliphatic heterocycles. The van der Waals surface area contributed by atoms with E-state index in [9.17, 15) is 22.7 Å². The molecule has 1 aromatic rings. The Hall–Kier alpha value is -1.18. The van der Waals surface area contributed by atoms with Gasteiger partial charge in [-0.3, -0.25) is 0 Å². The minimum Gasteiger partial charge on any atom is -0.550 e. The lowest BCUT2D eigenvalue weighted by Crippen LogP contribution is -2.43. The molecular weight excluding hydrogens is 309 g/mol. The molecule has 1 aliphatic rings. The average Bonchev–Trinajstić information content (AvgIpc) is 2.41. The van der Waals surface area contributed by atoms with Crippen LogP contribution in [0.3, 0.4) is 0 Å². The molecule has 0 aromatic heterocycles. The van der Waals surface area contributed by atoms with Gasteiger partial charge in [0.15, 0.2) is 0 Å². The van der Waals surface area contributed by atoms with E-state index in [4.69, 9.17) is 11.6 Å². The van der Waals surface area contributed by atoms with Crippen molar-refractivity contribution in [2.75, 3.05) is 13.1 Å². The molecule has 0 saturated carbocycles. The zero-order valence-electron chi connectivity index (χ0n) is 10.4. The van der Waals surface area contributed by atoms with Crippen molar-refractivity contribution in [1.82, 2.24) is 4.31 Å². The number of carbonyl (C=O) groups excluding carboxylic acids is 1. The molecule has 0 N–H and O–H groups in total. The molecule has 1 aromatic carbocycles. The number of rotatable bonds is 3. The monoisotopic (exact) mass is 320 g/mol. The summed E-state index contributed by atoms with van der Waals surface area (Å²) >= 11 is 5.58. The number of sulfonamides is 1. The molecule has 0 amide bonds. The summed E-state index contributed by atoms with van der Waals surface area (Å²) in [6, 6.07) is 3.18. The molecule has 110 valence electrons. The number of carbonyl (C=O) groups is 1. The second-order valence-corrected chi connectivity index (χ2v) is 6.92. The van der Waals surface area contributed by atoms with Gasteiger partial charge in [-0.1, -0.05) is 11.6 Å². The molecule has 1 fully saturated rings. The molecule has 0 bridgehead atoms. The topological polar surface area (TPSA) is 77.5 Å². The predicted octanol–water partition coefficient (Wildman–Crippen LogP) is 0.630. The van der Waals surface area contributed by atoms with Crippen molar-refractivity contribution in [2.24, 2.45) is 5.92 Å². The van der Waals surface area contributed by atoms with E-state index in [2.05, 4.69) is 0 Å². The van der Waals surface area contributed by atoms with Gasteiger partial charge < -0.3 is 9.90 Å². The van der Waals surface area contributed by atoms with Gasteiger partial charge >= 0.3 is 0 Å². The lowest BCUT2D eigenvalue weighted by atomic mass is 9.99. The first-order valence-corrected chi connectivity index (χ1v) is 7.80. The van der Waals surface area contributed by atoms with Gasteiger partial charge in [-0.05, 0) is 31.0 Å². The third-order valence-electron chi connectivity index (χ3n) is 3.32. The minimum atomic E-state index is -3.78. The number of halogens is 2. The first kappa shape index (κ1) is 15.2. The molecule has 0 unspecified atom stereocenters. The Morgan fingerprint density at radius 1 is 1.35 bits per heavy atom. The Labute approximate surface area is 121 Å². The van der Waals surface area contributed by atoms with Crippen LogP contribution in [-0.2, 0) is 14.8 Å². The van der Waals surface area contributed by atoms with E-state index in [1.165, 1.54) is 4.31 Å². The van der Waals surface area contributed by atoms with Gasteiger partial charge in [-0.25, -0.2) is 12.8 Å². The molecule has 0 spiro atoms. The molecule has 0 aliphatic carbocycles. The number of nitrogens with zero attached hydrogens (tertiary/aromatic N) is 1. The highest BCUT2D eigenvalue weighted by molar-refractivity contribution is 7.89.